The van der Waals surface area contributed by atoms with E-state index in [0.29, 0.717) is 6.04 Å². The van der Waals surface area contributed by atoms with E-state index in [2.05, 4.69) is 36.8 Å². The number of rotatable bonds is 5. The third kappa shape index (κ3) is 2.81. The number of carbonyl (C=O) groups excluding carboxylic acids is 1. The van der Waals surface area contributed by atoms with Gasteiger partial charge in [0.1, 0.15) is 0 Å². The van der Waals surface area contributed by atoms with Crippen molar-refractivity contribution in [2.75, 3.05) is 12.0 Å². The molecule has 118 valence electrons. The van der Waals surface area contributed by atoms with Gasteiger partial charge in [-0.3, -0.25) is 4.79 Å². The smallest absolute Gasteiger partial charge is 0.195 e. The molecule has 2 aromatic carbocycles. The minimum atomic E-state index is 0.106. The molecule has 0 amide bonds. The van der Waals surface area contributed by atoms with Crippen LogP contribution in [0, 0.1) is 6.92 Å². The lowest BCUT2D eigenvalue weighted by molar-refractivity contribution is 0.103. The van der Waals surface area contributed by atoms with Gasteiger partial charge in [0.05, 0.1) is 5.56 Å². The van der Waals surface area contributed by atoms with Gasteiger partial charge in [0.15, 0.2) is 5.78 Å². The molecule has 23 heavy (non-hydrogen) atoms. The fourth-order valence-electron chi connectivity index (χ4n) is 3.30. The molecule has 1 aromatic heterocycles. The summed E-state index contributed by atoms with van der Waals surface area (Å²) in [5, 5.41) is 1.05. The molecule has 1 unspecified atom stereocenters. The predicted octanol–water partition coefficient (Wildman–Crippen LogP) is 5.10. The highest BCUT2D eigenvalue weighted by atomic mass is 32.2. The molecule has 0 fully saturated rings. The molecular formula is C20H21NOS. The number of fused-ring (bicyclic) bond motifs is 1. The number of para-hydroxylation sites is 1. The monoisotopic (exact) mass is 323 g/mol. The van der Waals surface area contributed by atoms with E-state index in [1.807, 2.05) is 54.2 Å². The second-order valence-electron chi connectivity index (χ2n) is 5.85. The fraction of sp³-hybridized carbons (Fsp3) is 0.250. The first kappa shape index (κ1) is 15.9. The number of thioether (sulfide) groups is 1. The Hall–Kier alpha value is -2.00. The van der Waals surface area contributed by atoms with Crippen LogP contribution in [0.5, 0.6) is 0 Å². The fourth-order valence-corrected chi connectivity index (χ4v) is 3.93. The molecule has 2 nitrogen and oxygen atoms in total. The van der Waals surface area contributed by atoms with Crippen LogP contribution in [-0.4, -0.2) is 22.4 Å². The molecule has 0 saturated heterocycles. The second kappa shape index (κ2) is 6.63. The summed E-state index contributed by atoms with van der Waals surface area (Å²) in [4.78, 5) is 13.1. The lowest BCUT2D eigenvalue weighted by atomic mass is 10.0. The van der Waals surface area contributed by atoms with E-state index in [9.17, 15) is 4.79 Å². The number of hydrogen-bond acceptors (Lipinski definition) is 2. The molecule has 0 radical (unpaired) electrons. The molecule has 0 aliphatic carbocycles. The van der Waals surface area contributed by atoms with Gasteiger partial charge >= 0.3 is 0 Å². The molecule has 0 saturated carbocycles. The van der Waals surface area contributed by atoms with E-state index in [-0.39, 0.29) is 5.78 Å². The second-order valence-corrected chi connectivity index (χ2v) is 6.76. The molecule has 1 atom stereocenters. The van der Waals surface area contributed by atoms with Crippen LogP contribution < -0.4 is 0 Å². The third-order valence-corrected chi connectivity index (χ3v) is 5.08. The van der Waals surface area contributed by atoms with Crippen molar-refractivity contribution >= 4 is 28.4 Å². The molecule has 3 aromatic rings. The third-order valence-electron chi connectivity index (χ3n) is 4.27. The topological polar surface area (TPSA) is 22.0 Å². The summed E-state index contributed by atoms with van der Waals surface area (Å²) in [7, 11) is 0. The summed E-state index contributed by atoms with van der Waals surface area (Å²) in [6.07, 6.45) is 2.12. The lowest BCUT2D eigenvalue weighted by Crippen LogP contribution is -2.11. The zero-order chi connectivity index (χ0) is 16.4. The van der Waals surface area contributed by atoms with E-state index in [0.717, 1.165) is 33.5 Å². The van der Waals surface area contributed by atoms with Crippen molar-refractivity contribution in [3.05, 3.63) is 71.4 Å². The Bertz CT molecular complexity index is 835. The summed E-state index contributed by atoms with van der Waals surface area (Å²) in [5.74, 6) is 1.13. The first-order valence-electron chi connectivity index (χ1n) is 7.83. The maximum Gasteiger partial charge on any atom is 0.195 e. The van der Waals surface area contributed by atoms with Crippen molar-refractivity contribution in [3.63, 3.8) is 0 Å². The van der Waals surface area contributed by atoms with E-state index in [1.54, 1.807) is 0 Å². The Kier molecular flexibility index (Phi) is 4.58. The Labute approximate surface area is 141 Å². The van der Waals surface area contributed by atoms with Crippen molar-refractivity contribution in [1.29, 1.82) is 0 Å². The summed E-state index contributed by atoms with van der Waals surface area (Å²) < 4.78 is 2.31. The highest BCUT2D eigenvalue weighted by molar-refractivity contribution is 7.98. The van der Waals surface area contributed by atoms with E-state index in [1.165, 1.54) is 0 Å². The molecule has 0 aliphatic heterocycles. The normalized spacial score (nSPS) is 12.5. The maximum absolute atomic E-state index is 13.1. The van der Waals surface area contributed by atoms with Gasteiger partial charge in [0.25, 0.3) is 0 Å². The van der Waals surface area contributed by atoms with Crippen molar-refractivity contribution in [2.24, 2.45) is 0 Å². The maximum atomic E-state index is 13.1. The first-order chi connectivity index (χ1) is 11.1. The van der Waals surface area contributed by atoms with Crippen LogP contribution in [0.4, 0.5) is 0 Å². The quantitative estimate of drug-likeness (QED) is 0.609. The predicted molar refractivity (Wildman–Crippen MR) is 99.6 cm³/mol. The summed E-state index contributed by atoms with van der Waals surface area (Å²) in [5.41, 5.74) is 3.78. The Balaban J connectivity index is 2.22. The molecule has 0 spiro atoms. The van der Waals surface area contributed by atoms with Gasteiger partial charge in [0, 0.05) is 34.0 Å². The van der Waals surface area contributed by atoms with Crippen molar-refractivity contribution in [3.8, 4) is 0 Å². The van der Waals surface area contributed by atoms with E-state index < -0.39 is 0 Å². The van der Waals surface area contributed by atoms with Crippen LogP contribution in [-0.2, 0) is 0 Å². The van der Waals surface area contributed by atoms with Gasteiger partial charge in [-0.05, 0) is 26.2 Å². The Morgan fingerprint density at radius 1 is 1.09 bits per heavy atom. The highest BCUT2D eigenvalue weighted by Crippen LogP contribution is 2.31. The van der Waals surface area contributed by atoms with Crippen LogP contribution in [0.15, 0.2) is 54.6 Å². The molecule has 0 N–H and O–H groups in total. The van der Waals surface area contributed by atoms with Crippen LogP contribution in [0.25, 0.3) is 10.9 Å². The Morgan fingerprint density at radius 3 is 2.43 bits per heavy atom. The van der Waals surface area contributed by atoms with Crippen molar-refractivity contribution in [1.82, 2.24) is 4.57 Å². The molecule has 0 bridgehead atoms. The molecular weight excluding hydrogens is 302 g/mol. The van der Waals surface area contributed by atoms with E-state index >= 15 is 0 Å². The van der Waals surface area contributed by atoms with Crippen LogP contribution in [0.3, 0.4) is 0 Å². The number of hydrogen-bond donors (Lipinski definition) is 0. The van der Waals surface area contributed by atoms with Crippen LogP contribution >= 0.6 is 11.8 Å². The average Bonchev–Trinajstić information content (AvgIpc) is 2.87. The summed E-state index contributed by atoms with van der Waals surface area (Å²) in [6, 6.07) is 18.1. The standard InChI is InChI=1S/C20H21NOS/c1-14(13-23-3)21-15(2)19(17-11-7-8-12-18(17)21)20(22)16-9-5-4-6-10-16/h4-12,14H,13H2,1-3H3. The van der Waals surface area contributed by atoms with Gasteiger partial charge in [-0.1, -0.05) is 48.5 Å². The zero-order valence-corrected chi connectivity index (χ0v) is 14.6. The van der Waals surface area contributed by atoms with Gasteiger partial charge < -0.3 is 4.57 Å². The lowest BCUT2D eigenvalue weighted by Gasteiger charge is -2.16. The van der Waals surface area contributed by atoms with Crippen molar-refractivity contribution < 1.29 is 4.79 Å². The first-order valence-corrected chi connectivity index (χ1v) is 9.22. The number of ketones is 1. The summed E-state index contributed by atoms with van der Waals surface area (Å²) in [6.45, 7) is 4.28. The minimum Gasteiger partial charge on any atom is -0.341 e. The number of aromatic nitrogens is 1. The molecule has 0 aliphatic rings. The number of nitrogens with zero attached hydrogens (tertiary/aromatic N) is 1. The van der Waals surface area contributed by atoms with Crippen LogP contribution in [0.1, 0.15) is 34.6 Å². The van der Waals surface area contributed by atoms with Gasteiger partial charge in [-0.2, -0.15) is 11.8 Å². The number of carbonyl (C=O) groups is 1. The van der Waals surface area contributed by atoms with E-state index in [4.69, 9.17) is 0 Å². The Morgan fingerprint density at radius 2 is 1.74 bits per heavy atom. The molecule has 3 heteroatoms. The zero-order valence-electron chi connectivity index (χ0n) is 13.7. The van der Waals surface area contributed by atoms with Crippen molar-refractivity contribution in [2.45, 2.75) is 19.9 Å². The van der Waals surface area contributed by atoms with Gasteiger partial charge in [-0.15, -0.1) is 0 Å². The van der Waals surface area contributed by atoms with Gasteiger partial charge in [0.2, 0.25) is 0 Å². The van der Waals surface area contributed by atoms with Gasteiger partial charge in [-0.25, -0.2) is 0 Å². The van der Waals surface area contributed by atoms with Crippen LogP contribution in [0.2, 0.25) is 0 Å². The number of benzene rings is 2. The SMILES string of the molecule is CSCC(C)n1c(C)c(C(=O)c2ccccc2)c2ccccc21. The molecule has 1 heterocycles. The minimum absolute atomic E-state index is 0.106. The highest BCUT2D eigenvalue weighted by Gasteiger charge is 2.22. The largest absolute Gasteiger partial charge is 0.341 e. The molecule has 3 rings (SSSR count). The summed E-state index contributed by atoms with van der Waals surface area (Å²) >= 11 is 1.83. The average molecular weight is 323 g/mol.